The molecule has 4 aliphatic heterocycles. The van der Waals surface area contributed by atoms with Gasteiger partial charge in [-0.2, -0.15) is 0 Å². The standard InChI is InChI=1S/C42H70N2O8/c1-25-18-28(36(38(4,5)47)50-17-15-45)51-34-33(25)39(6)12-13-42-24-41(42)11-10-31(37(2,3)29(41)8-9-30(42)40(39,7)35(34)46)52-32-21-43(14-16-49-32)26-19-44(20-26)27-22-48-23-27/h25-36,45-47H,8-24H2,1-7H3. The predicted octanol–water partition coefficient (Wildman–Crippen LogP) is 4.07. The summed E-state index contributed by atoms with van der Waals surface area (Å²) in [4.78, 5) is 5.19. The molecule has 5 saturated carbocycles. The molecule has 0 amide bonds. The Morgan fingerprint density at radius 2 is 1.65 bits per heavy atom. The van der Waals surface area contributed by atoms with Gasteiger partial charge in [-0.05, 0) is 111 Å². The maximum absolute atomic E-state index is 12.7. The zero-order valence-electron chi connectivity index (χ0n) is 33.2. The van der Waals surface area contributed by atoms with Gasteiger partial charge in [0.15, 0.2) is 6.29 Å². The van der Waals surface area contributed by atoms with Crippen molar-refractivity contribution in [3.05, 3.63) is 0 Å². The maximum atomic E-state index is 12.7. The van der Waals surface area contributed by atoms with Crippen molar-refractivity contribution in [3.8, 4) is 0 Å². The molecule has 9 aliphatic rings. The van der Waals surface area contributed by atoms with Gasteiger partial charge in [-0.3, -0.25) is 9.80 Å². The van der Waals surface area contributed by atoms with Crippen molar-refractivity contribution in [1.82, 2.24) is 9.80 Å². The number of morpholine rings is 1. The molecule has 2 spiro atoms. The molecule has 14 atom stereocenters. The molecule has 52 heavy (non-hydrogen) atoms. The molecule has 14 unspecified atom stereocenters. The lowest BCUT2D eigenvalue weighted by molar-refractivity contribution is -0.254. The van der Waals surface area contributed by atoms with Gasteiger partial charge < -0.3 is 39.0 Å². The van der Waals surface area contributed by atoms with Gasteiger partial charge in [-0.1, -0.05) is 34.6 Å². The summed E-state index contributed by atoms with van der Waals surface area (Å²) < 4.78 is 31.8. The van der Waals surface area contributed by atoms with Crippen LogP contribution in [0.15, 0.2) is 0 Å². The zero-order valence-corrected chi connectivity index (χ0v) is 33.2. The molecule has 296 valence electrons. The van der Waals surface area contributed by atoms with Gasteiger partial charge in [-0.25, -0.2) is 0 Å². The van der Waals surface area contributed by atoms with Crippen LogP contribution in [0.5, 0.6) is 0 Å². The molecule has 10 heteroatoms. The SMILES string of the molecule is CC1CC(C(OCCO)C(C)(C)O)OC2C1C1(C)CCC34CC35CCC(OC3CN(C6CN(C7COC7)C6)CCO3)C(C)(C)C5CCC4C1(C)C2O. The van der Waals surface area contributed by atoms with Crippen molar-refractivity contribution in [2.24, 2.45) is 50.7 Å². The topological polar surface area (TPSA) is 113 Å². The molecule has 4 saturated heterocycles. The van der Waals surface area contributed by atoms with Crippen LogP contribution in [-0.4, -0.2) is 139 Å². The quantitative estimate of drug-likeness (QED) is 0.321. The largest absolute Gasteiger partial charge is 0.394 e. The number of rotatable bonds is 9. The smallest absolute Gasteiger partial charge is 0.170 e. The number of aliphatic hydroxyl groups excluding tert-OH is 2. The highest BCUT2D eigenvalue weighted by atomic mass is 16.7. The van der Waals surface area contributed by atoms with Crippen molar-refractivity contribution in [3.63, 3.8) is 0 Å². The van der Waals surface area contributed by atoms with E-state index in [-0.39, 0.29) is 65.4 Å². The summed E-state index contributed by atoms with van der Waals surface area (Å²) in [7, 11) is 0. The van der Waals surface area contributed by atoms with E-state index in [2.05, 4.69) is 44.4 Å². The van der Waals surface area contributed by atoms with E-state index in [1.54, 1.807) is 13.8 Å². The number of nitrogens with zero attached hydrogens (tertiary/aromatic N) is 2. The molecular weight excluding hydrogens is 660 g/mol. The first-order valence-corrected chi connectivity index (χ1v) is 21.2. The number of hydrogen-bond acceptors (Lipinski definition) is 10. The van der Waals surface area contributed by atoms with Crippen LogP contribution in [0.1, 0.15) is 99.8 Å². The molecule has 0 bridgehead atoms. The lowest BCUT2D eigenvalue weighted by Gasteiger charge is -2.64. The van der Waals surface area contributed by atoms with E-state index >= 15 is 0 Å². The third-order valence-electron chi connectivity index (χ3n) is 18.1. The number of hydrogen-bond donors (Lipinski definition) is 3. The Labute approximate surface area is 312 Å². The fourth-order valence-corrected chi connectivity index (χ4v) is 15.4. The van der Waals surface area contributed by atoms with Crippen LogP contribution in [0.3, 0.4) is 0 Å². The second-order valence-electron chi connectivity index (χ2n) is 20.9. The highest BCUT2D eigenvalue weighted by Crippen LogP contribution is 2.89. The number of ether oxygens (including phenoxy) is 5. The molecule has 0 aromatic carbocycles. The first-order valence-electron chi connectivity index (χ1n) is 21.2. The Morgan fingerprint density at radius 1 is 0.923 bits per heavy atom. The van der Waals surface area contributed by atoms with Crippen molar-refractivity contribution in [2.45, 2.75) is 154 Å². The van der Waals surface area contributed by atoms with Gasteiger partial charge in [0.25, 0.3) is 0 Å². The van der Waals surface area contributed by atoms with E-state index in [9.17, 15) is 15.3 Å². The Morgan fingerprint density at radius 3 is 2.35 bits per heavy atom. The van der Waals surface area contributed by atoms with Crippen LogP contribution in [-0.2, 0) is 23.7 Å². The molecule has 0 aromatic rings. The van der Waals surface area contributed by atoms with Gasteiger partial charge in [0.1, 0.15) is 6.10 Å². The summed E-state index contributed by atoms with van der Waals surface area (Å²) in [5, 5.41) is 33.3. The minimum Gasteiger partial charge on any atom is -0.394 e. The highest BCUT2D eigenvalue weighted by molar-refractivity contribution is 5.33. The van der Waals surface area contributed by atoms with Crippen LogP contribution >= 0.6 is 0 Å². The highest BCUT2D eigenvalue weighted by Gasteiger charge is 2.84. The lowest BCUT2D eigenvalue weighted by atomic mass is 9.41. The third-order valence-corrected chi connectivity index (χ3v) is 18.1. The molecule has 9 rings (SSSR count). The second-order valence-corrected chi connectivity index (χ2v) is 20.9. The van der Waals surface area contributed by atoms with E-state index in [4.69, 9.17) is 23.7 Å². The molecule has 10 nitrogen and oxygen atoms in total. The second kappa shape index (κ2) is 12.5. The van der Waals surface area contributed by atoms with Crippen molar-refractivity contribution >= 4 is 0 Å². The Hall–Kier alpha value is -0.400. The Kier molecular flexibility index (Phi) is 8.98. The number of fused-ring (bicyclic) bond motifs is 4. The summed E-state index contributed by atoms with van der Waals surface area (Å²) in [6.45, 7) is 22.6. The van der Waals surface area contributed by atoms with Crippen LogP contribution in [0.4, 0.5) is 0 Å². The Balaban J connectivity index is 0.903. The van der Waals surface area contributed by atoms with Gasteiger partial charge >= 0.3 is 0 Å². The fraction of sp³-hybridized carbons (Fsp3) is 1.00. The maximum Gasteiger partial charge on any atom is 0.170 e. The molecular formula is C42H70N2O8. The van der Waals surface area contributed by atoms with Gasteiger partial charge in [0, 0.05) is 37.6 Å². The van der Waals surface area contributed by atoms with Gasteiger partial charge in [0.05, 0.1) is 69.1 Å². The molecule has 4 heterocycles. The minimum atomic E-state index is -1.12. The average molecular weight is 731 g/mol. The Bertz CT molecular complexity index is 1350. The van der Waals surface area contributed by atoms with Gasteiger partial charge in [-0.15, -0.1) is 0 Å². The number of likely N-dealkylation sites (tertiary alicyclic amines) is 1. The summed E-state index contributed by atoms with van der Waals surface area (Å²) in [5.74, 6) is 1.68. The van der Waals surface area contributed by atoms with Gasteiger partial charge in [0.2, 0.25) is 0 Å². The van der Waals surface area contributed by atoms with E-state index in [0.29, 0.717) is 35.3 Å². The average Bonchev–Trinajstić information content (AvgIpc) is 3.67. The van der Waals surface area contributed by atoms with E-state index in [1.807, 2.05) is 0 Å². The first kappa shape index (κ1) is 37.2. The predicted molar refractivity (Wildman–Crippen MR) is 195 cm³/mol. The summed E-state index contributed by atoms with van der Waals surface area (Å²) in [6, 6.07) is 1.23. The minimum absolute atomic E-state index is 0.0205. The summed E-state index contributed by atoms with van der Waals surface area (Å²) >= 11 is 0. The molecule has 5 aliphatic carbocycles. The zero-order chi connectivity index (χ0) is 36.6. The van der Waals surface area contributed by atoms with Crippen LogP contribution < -0.4 is 0 Å². The fourth-order valence-electron chi connectivity index (χ4n) is 15.4. The van der Waals surface area contributed by atoms with E-state index in [1.165, 1.54) is 25.7 Å². The monoisotopic (exact) mass is 731 g/mol. The van der Waals surface area contributed by atoms with E-state index < -0.39 is 17.8 Å². The molecule has 0 radical (unpaired) electrons. The first-order chi connectivity index (χ1) is 24.6. The number of aliphatic hydroxyl groups is 3. The molecule has 0 aromatic heterocycles. The lowest BCUT2D eigenvalue weighted by Crippen LogP contribution is -2.68. The van der Waals surface area contributed by atoms with Crippen molar-refractivity contribution in [1.29, 1.82) is 0 Å². The summed E-state index contributed by atoms with van der Waals surface area (Å²) in [5.41, 5.74) is -0.715. The molecule has 3 N–H and O–H groups in total. The van der Waals surface area contributed by atoms with Crippen LogP contribution in [0.25, 0.3) is 0 Å². The van der Waals surface area contributed by atoms with Crippen LogP contribution in [0.2, 0.25) is 0 Å². The van der Waals surface area contributed by atoms with Crippen molar-refractivity contribution < 1.29 is 39.0 Å². The normalized spacial score (nSPS) is 51.2. The van der Waals surface area contributed by atoms with Crippen molar-refractivity contribution in [2.75, 3.05) is 59.2 Å². The van der Waals surface area contributed by atoms with E-state index in [0.717, 1.165) is 71.7 Å². The third kappa shape index (κ3) is 5.10. The van der Waals surface area contributed by atoms with Crippen LogP contribution in [0, 0.1) is 50.7 Å². The summed E-state index contributed by atoms with van der Waals surface area (Å²) in [6.07, 6.45) is 7.45. The molecule has 9 fully saturated rings.